The number of halogens is 4. The molecule has 0 aliphatic rings. The monoisotopic (exact) mass is 274 g/mol. The first-order valence-corrected chi connectivity index (χ1v) is 10.3. The summed E-state index contributed by atoms with van der Waals surface area (Å²) >= 11 is -3.11. The fourth-order valence-corrected chi connectivity index (χ4v) is 0. The van der Waals surface area contributed by atoms with Crippen molar-refractivity contribution in [1.82, 2.24) is 0 Å². The molecule has 0 spiro atoms. The van der Waals surface area contributed by atoms with E-state index in [1.54, 1.807) is 0 Å². The van der Waals surface area contributed by atoms with Crippen LogP contribution in [0.3, 0.4) is 0 Å². The molecule has 1 N–H and O–H groups in total. The predicted octanol–water partition coefficient (Wildman–Crippen LogP) is 1.93. The van der Waals surface area contributed by atoms with Crippen LogP contribution in [0.1, 0.15) is 6.92 Å². The van der Waals surface area contributed by atoms with Crippen LogP contribution in [0.5, 0.6) is 0 Å². The molecule has 0 fully saturated rings. The third-order valence-electron chi connectivity index (χ3n) is 0. The van der Waals surface area contributed by atoms with Gasteiger partial charge in [0.25, 0.3) is 5.97 Å². The minimum Gasteiger partial charge on any atom is 0.316 e. The molecule has 2 nitrogen and oxygen atoms in total. The summed E-state index contributed by atoms with van der Waals surface area (Å²) in [5, 5.41) is 7.42. The third-order valence-corrected chi connectivity index (χ3v) is 0. The average molecular weight is 276 g/mol. The first-order valence-electron chi connectivity index (χ1n) is 1.68. The van der Waals surface area contributed by atoms with Gasteiger partial charge < -0.3 is 5.11 Å². The van der Waals surface area contributed by atoms with Crippen molar-refractivity contribution in [2.24, 2.45) is 0 Å². The van der Waals surface area contributed by atoms with E-state index in [-0.39, 0.29) is 23.1 Å². The van der Waals surface area contributed by atoms with E-state index < -0.39 is 18.3 Å². The van der Waals surface area contributed by atoms with Gasteiger partial charge in [-0.25, -0.2) is 0 Å². The van der Waals surface area contributed by atoms with Crippen LogP contribution in [0.25, 0.3) is 0 Å². The van der Waals surface area contributed by atoms with Crippen molar-refractivity contribution >= 4 is 66.2 Å². The fraction of sp³-hybridized carbons (Fsp3) is 0.500. The molecular weight excluding hydrogens is 270 g/mol. The molecular formula is C2H6Cl4MgO2Ti. The predicted molar refractivity (Wildman–Crippen MR) is 45.3 cm³/mol. The molecule has 0 saturated carbocycles. The molecule has 0 heterocycles. The summed E-state index contributed by atoms with van der Waals surface area (Å²) in [4.78, 5) is 9.00. The van der Waals surface area contributed by atoms with Gasteiger partial charge in [-0.3, -0.25) is 4.79 Å². The van der Waals surface area contributed by atoms with Crippen LogP contribution in [0, 0.1) is 0 Å². The minimum absolute atomic E-state index is 0. The maximum absolute atomic E-state index is 9.00. The standard InChI is InChI=1S/C2H4O2.4ClH.Mg.Ti.2H/c1-2(3)4;;;;;;;;/h1H3,(H,3,4);4*1H;;;;/q;;;;;;+4;;/p-4. The molecule has 0 radical (unpaired) electrons. The Balaban J connectivity index is -0.0000000910. The zero-order valence-corrected chi connectivity index (χ0v) is 8.95. The van der Waals surface area contributed by atoms with Gasteiger partial charge in [-0.05, 0) is 0 Å². The smallest absolute Gasteiger partial charge is 0.316 e. The summed E-state index contributed by atoms with van der Waals surface area (Å²) in [5.41, 5.74) is 0. The maximum Gasteiger partial charge on any atom is 0.316 e. The van der Waals surface area contributed by atoms with E-state index in [1.807, 2.05) is 0 Å². The molecule has 10 heavy (non-hydrogen) atoms. The summed E-state index contributed by atoms with van der Waals surface area (Å²) in [5.74, 6) is -0.833. The fourth-order valence-electron chi connectivity index (χ4n) is 0. The largest absolute Gasteiger partial charge is 0.316 e. The van der Waals surface area contributed by atoms with Crippen molar-refractivity contribution in [2.45, 2.75) is 6.92 Å². The molecule has 0 rings (SSSR count). The zero-order chi connectivity index (χ0) is 8.08. The number of carbonyl (C=O) groups is 1. The van der Waals surface area contributed by atoms with Crippen LogP contribution in [-0.4, -0.2) is 34.1 Å². The first-order chi connectivity index (χ1) is 3.73. The molecule has 0 atom stereocenters. The number of carboxylic acid groups (broad SMARTS) is 1. The summed E-state index contributed by atoms with van der Waals surface area (Å²) in [6, 6.07) is 0. The number of carboxylic acids is 1. The van der Waals surface area contributed by atoms with Crippen molar-refractivity contribution in [2.75, 3.05) is 0 Å². The topological polar surface area (TPSA) is 37.3 Å². The van der Waals surface area contributed by atoms with Gasteiger partial charge in [0.05, 0.1) is 0 Å². The molecule has 0 bridgehead atoms. The Labute approximate surface area is 94.2 Å². The van der Waals surface area contributed by atoms with Gasteiger partial charge in [0.15, 0.2) is 0 Å². The van der Waals surface area contributed by atoms with Crippen molar-refractivity contribution in [1.29, 1.82) is 0 Å². The van der Waals surface area contributed by atoms with Gasteiger partial charge in [0.2, 0.25) is 0 Å². The van der Waals surface area contributed by atoms with E-state index >= 15 is 0 Å². The Kier molecular flexibility index (Phi) is 16.6. The second-order valence-corrected chi connectivity index (χ2v) is 16.4. The van der Waals surface area contributed by atoms with Crippen LogP contribution in [0.2, 0.25) is 0 Å². The van der Waals surface area contributed by atoms with E-state index in [4.69, 9.17) is 47.1 Å². The molecule has 0 aliphatic heterocycles. The van der Waals surface area contributed by atoms with Gasteiger partial charge in [0, 0.05) is 6.92 Å². The Morgan fingerprint density at radius 3 is 1.30 bits per heavy atom. The van der Waals surface area contributed by atoms with Gasteiger partial charge in [-0.1, -0.05) is 0 Å². The van der Waals surface area contributed by atoms with E-state index in [2.05, 4.69) is 0 Å². The molecule has 0 amide bonds. The van der Waals surface area contributed by atoms with Crippen LogP contribution >= 0.6 is 37.2 Å². The quantitative estimate of drug-likeness (QED) is 0.686. The number of hydrogen-bond donors (Lipinski definition) is 1. The average Bonchev–Trinajstić information content (AvgIpc) is 1.19. The number of rotatable bonds is 0. The summed E-state index contributed by atoms with van der Waals surface area (Å²) in [7, 11) is 20.1. The Hall–Kier alpha value is 2.11. The van der Waals surface area contributed by atoms with Gasteiger partial charge in [0.1, 0.15) is 0 Å². The zero-order valence-electron chi connectivity index (χ0n) is 4.37. The summed E-state index contributed by atoms with van der Waals surface area (Å²) in [6.07, 6.45) is 0. The van der Waals surface area contributed by atoms with E-state index in [0.29, 0.717) is 0 Å². The van der Waals surface area contributed by atoms with Gasteiger partial charge in [-0.2, -0.15) is 0 Å². The molecule has 0 aromatic carbocycles. The van der Waals surface area contributed by atoms with E-state index in [0.717, 1.165) is 6.92 Å². The van der Waals surface area contributed by atoms with Crippen LogP contribution in [0.4, 0.5) is 0 Å². The SMILES string of the molecule is CC(=O)O.[Cl][Ti]([Cl])([Cl])[Cl].[MgH2]. The number of hydrogen-bond acceptors (Lipinski definition) is 1. The normalized spacial score (nSPS) is 8.50. The van der Waals surface area contributed by atoms with Crippen LogP contribution < -0.4 is 0 Å². The van der Waals surface area contributed by atoms with Crippen LogP contribution in [0.15, 0.2) is 0 Å². The molecule has 8 heteroatoms. The molecule has 0 aromatic heterocycles. The molecule has 0 saturated heterocycles. The molecule has 0 aliphatic carbocycles. The Morgan fingerprint density at radius 2 is 1.30 bits per heavy atom. The first kappa shape index (κ1) is 18.0. The van der Waals surface area contributed by atoms with Gasteiger partial charge in [-0.15, -0.1) is 0 Å². The summed E-state index contributed by atoms with van der Waals surface area (Å²) < 4.78 is 0. The Bertz CT molecular complexity index is 83.7. The van der Waals surface area contributed by atoms with Crippen molar-refractivity contribution in [3.63, 3.8) is 0 Å². The van der Waals surface area contributed by atoms with Gasteiger partial charge >= 0.3 is 72.6 Å². The maximum atomic E-state index is 9.00. The second kappa shape index (κ2) is 9.20. The van der Waals surface area contributed by atoms with Crippen molar-refractivity contribution < 1.29 is 22.2 Å². The summed E-state index contributed by atoms with van der Waals surface area (Å²) in [6.45, 7) is 1.08. The molecule has 0 aromatic rings. The third kappa shape index (κ3) is 188. The Morgan fingerprint density at radius 1 is 1.30 bits per heavy atom. The molecule has 60 valence electrons. The van der Waals surface area contributed by atoms with Crippen molar-refractivity contribution in [3.05, 3.63) is 0 Å². The second-order valence-electron chi connectivity index (χ2n) is 0.948. The van der Waals surface area contributed by atoms with E-state index in [9.17, 15) is 0 Å². The van der Waals surface area contributed by atoms with E-state index in [1.165, 1.54) is 0 Å². The molecule has 0 unspecified atom stereocenters. The van der Waals surface area contributed by atoms with Crippen molar-refractivity contribution in [3.8, 4) is 0 Å². The van der Waals surface area contributed by atoms with Crippen LogP contribution in [-0.2, 0) is 17.1 Å². The number of aliphatic carboxylic acids is 1. The minimum atomic E-state index is -3.11.